The van der Waals surface area contributed by atoms with Crippen LogP contribution in [0.4, 0.5) is 0 Å². The van der Waals surface area contributed by atoms with Gasteiger partial charge in [-0.1, -0.05) is 52.4 Å². The Kier molecular flexibility index (Phi) is 7.92. The van der Waals surface area contributed by atoms with Gasteiger partial charge in [0, 0.05) is 13.1 Å². The molecule has 1 fully saturated rings. The van der Waals surface area contributed by atoms with E-state index in [1.807, 2.05) is 0 Å². The Balaban J connectivity index is 2.21. The molecule has 1 atom stereocenters. The highest BCUT2D eigenvalue weighted by atomic mass is 16.3. The van der Waals surface area contributed by atoms with Crippen LogP contribution in [-0.4, -0.2) is 28.8 Å². The summed E-state index contributed by atoms with van der Waals surface area (Å²) in [5.74, 6) is 0. The molecule has 18 heavy (non-hydrogen) atoms. The van der Waals surface area contributed by atoms with E-state index in [4.69, 9.17) is 0 Å². The van der Waals surface area contributed by atoms with Gasteiger partial charge in [-0.05, 0) is 32.1 Å². The van der Waals surface area contributed by atoms with Crippen molar-refractivity contribution in [3.05, 3.63) is 0 Å². The summed E-state index contributed by atoms with van der Waals surface area (Å²) in [7, 11) is 0. The van der Waals surface area contributed by atoms with Gasteiger partial charge in [-0.2, -0.15) is 0 Å². The van der Waals surface area contributed by atoms with Gasteiger partial charge in [-0.3, -0.25) is 4.90 Å². The first kappa shape index (κ1) is 16.0. The van der Waals surface area contributed by atoms with Crippen LogP contribution in [0.25, 0.3) is 0 Å². The maximum absolute atomic E-state index is 10.8. The molecule has 0 amide bonds. The largest absolute Gasteiger partial charge is 0.376 e. The van der Waals surface area contributed by atoms with E-state index in [1.165, 1.54) is 57.8 Å². The van der Waals surface area contributed by atoms with E-state index in [9.17, 15) is 5.11 Å². The number of unbranched alkanes of at least 4 members (excludes halogenated alkanes) is 5. The second kappa shape index (κ2) is 8.92. The molecule has 1 heterocycles. The topological polar surface area (TPSA) is 23.5 Å². The summed E-state index contributed by atoms with van der Waals surface area (Å²) < 4.78 is 0. The average molecular weight is 255 g/mol. The molecule has 2 heteroatoms. The van der Waals surface area contributed by atoms with Gasteiger partial charge in [-0.15, -0.1) is 0 Å². The van der Waals surface area contributed by atoms with Crippen LogP contribution in [0.1, 0.15) is 84.5 Å². The highest BCUT2D eigenvalue weighted by molar-refractivity contribution is 4.80. The molecule has 0 bridgehead atoms. The summed E-state index contributed by atoms with van der Waals surface area (Å²) in [6.07, 6.45) is 13.6. The molecule has 0 radical (unpaired) electrons. The lowest BCUT2D eigenvalue weighted by molar-refractivity contribution is -0.125. The molecule has 1 aliphatic rings. The van der Waals surface area contributed by atoms with Crippen LogP contribution in [0, 0.1) is 0 Å². The summed E-state index contributed by atoms with van der Waals surface area (Å²) >= 11 is 0. The van der Waals surface area contributed by atoms with E-state index in [0.29, 0.717) is 0 Å². The van der Waals surface area contributed by atoms with E-state index in [0.717, 1.165) is 25.9 Å². The van der Waals surface area contributed by atoms with Crippen LogP contribution < -0.4 is 0 Å². The molecule has 0 aliphatic carbocycles. The van der Waals surface area contributed by atoms with Crippen molar-refractivity contribution in [1.82, 2.24) is 4.90 Å². The minimum Gasteiger partial charge on any atom is -0.376 e. The first-order valence-electron chi connectivity index (χ1n) is 8.20. The lowest BCUT2D eigenvalue weighted by Gasteiger charge is -2.41. The van der Waals surface area contributed by atoms with Gasteiger partial charge in [0.1, 0.15) is 5.72 Å². The molecule has 0 saturated carbocycles. The quantitative estimate of drug-likeness (QED) is 0.620. The molecular formula is C16H33NO. The third-order valence-electron chi connectivity index (χ3n) is 4.44. The second-order valence-corrected chi connectivity index (χ2v) is 5.90. The monoisotopic (exact) mass is 255 g/mol. The standard InChI is InChI=1S/C16H33NO/c1-3-5-6-7-8-10-13-16(18,4-2)17-14-11-9-12-15-17/h18H,3-15H2,1-2H3. The number of rotatable bonds is 9. The predicted octanol–water partition coefficient (Wildman–Crippen LogP) is 4.32. The third-order valence-corrected chi connectivity index (χ3v) is 4.44. The number of aliphatic hydroxyl groups is 1. The van der Waals surface area contributed by atoms with Gasteiger partial charge in [0.2, 0.25) is 0 Å². The second-order valence-electron chi connectivity index (χ2n) is 5.90. The molecule has 1 aliphatic heterocycles. The summed E-state index contributed by atoms with van der Waals surface area (Å²) in [6.45, 7) is 6.58. The van der Waals surface area contributed by atoms with Crippen molar-refractivity contribution in [3.8, 4) is 0 Å². The van der Waals surface area contributed by atoms with Crippen molar-refractivity contribution in [2.45, 2.75) is 90.2 Å². The minimum absolute atomic E-state index is 0.509. The van der Waals surface area contributed by atoms with Crippen LogP contribution >= 0.6 is 0 Å². The van der Waals surface area contributed by atoms with E-state index in [2.05, 4.69) is 18.7 Å². The molecule has 0 spiro atoms. The van der Waals surface area contributed by atoms with Gasteiger partial charge < -0.3 is 5.11 Å². The van der Waals surface area contributed by atoms with Crippen molar-refractivity contribution in [2.24, 2.45) is 0 Å². The fraction of sp³-hybridized carbons (Fsp3) is 1.00. The zero-order valence-electron chi connectivity index (χ0n) is 12.6. The maximum atomic E-state index is 10.8. The van der Waals surface area contributed by atoms with Crippen molar-refractivity contribution in [2.75, 3.05) is 13.1 Å². The highest BCUT2D eigenvalue weighted by Crippen LogP contribution is 2.27. The van der Waals surface area contributed by atoms with Crippen LogP contribution in [0.5, 0.6) is 0 Å². The number of piperidine rings is 1. The fourth-order valence-corrected chi connectivity index (χ4v) is 3.06. The summed E-state index contributed by atoms with van der Waals surface area (Å²) in [5, 5.41) is 10.8. The first-order chi connectivity index (χ1) is 8.73. The third kappa shape index (κ3) is 5.27. The van der Waals surface area contributed by atoms with Crippen LogP contribution in [0.3, 0.4) is 0 Å². The van der Waals surface area contributed by atoms with Gasteiger partial charge in [0.15, 0.2) is 0 Å². The molecule has 0 aromatic heterocycles. The minimum atomic E-state index is -0.509. The Hall–Kier alpha value is -0.0800. The zero-order valence-corrected chi connectivity index (χ0v) is 12.6. The Morgan fingerprint density at radius 2 is 1.50 bits per heavy atom. The van der Waals surface area contributed by atoms with Crippen molar-refractivity contribution in [1.29, 1.82) is 0 Å². The lowest BCUT2D eigenvalue weighted by Crippen LogP contribution is -2.50. The van der Waals surface area contributed by atoms with Gasteiger partial charge >= 0.3 is 0 Å². The maximum Gasteiger partial charge on any atom is 0.118 e. The molecule has 0 aromatic carbocycles. The van der Waals surface area contributed by atoms with Gasteiger partial charge in [0.05, 0.1) is 0 Å². The zero-order chi connectivity index (χ0) is 13.3. The number of nitrogens with zero attached hydrogens (tertiary/aromatic N) is 1. The molecule has 1 rings (SSSR count). The Bertz CT molecular complexity index is 201. The van der Waals surface area contributed by atoms with E-state index >= 15 is 0 Å². The Morgan fingerprint density at radius 3 is 2.11 bits per heavy atom. The molecule has 1 N–H and O–H groups in total. The average Bonchev–Trinajstić information content (AvgIpc) is 2.43. The van der Waals surface area contributed by atoms with Gasteiger partial charge in [0.25, 0.3) is 0 Å². The SMILES string of the molecule is CCCCCCCCC(O)(CC)N1CCCCC1. The van der Waals surface area contributed by atoms with E-state index in [-0.39, 0.29) is 0 Å². The van der Waals surface area contributed by atoms with E-state index in [1.54, 1.807) is 0 Å². The Labute approximate surface area is 114 Å². The normalized spacial score (nSPS) is 20.8. The lowest BCUT2D eigenvalue weighted by atomic mass is 9.96. The predicted molar refractivity (Wildman–Crippen MR) is 78.7 cm³/mol. The highest BCUT2D eigenvalue weighted by Gasteiger charge is 2.32. The van der Waals surface area contributed by atoms with Crippen molar-refractivity contribution < 1.29 is 5.11 Å². The van der Waals surface area contributed by atoms with Crippen LogP contribution in [-0.2, 0) is 0 Å². The van der Waals surface area contributed by atoms with Gasteiger partial charge in [-0.25, -0.2) is 0 Å². The molecule has 0 aromatic rings. The number of hydrogen-bond donors (Lipinski definition) is 1. The molecule has 1 saturated heterocycles. The first-order valence-corrected chi connectivity index (χ1v) is 8.20. The summed E-state index contributed by atoms with van der Waals surface area (Å²) in [6, 6.07) is 0. The fourth-order valence-electron chi connectivity index (χ4n) is 3.06. The van der Waals surface area contributed by atoms with Crippen LogP contribution in [0.15, 0.2) is 0 Å². The summed E-state index contributed by atoms with van der Waals surface area (Å²) in [5.41, 5.74) is -0.509. The van der Waals surface area contributed by atoms with Crippen molar-refractivity contribution in [3.63, 3.8) is 0 Å². The molecule has 108 valence electrons. The molecular weight excluding hydrogens is 222 g/mol. The number of hydrogen-bond acceptors (Lipinski definition) is 2. The molecule has 2 nitrogen and oxygen atoms in total. The van der Waals surface area contributed by atoms with E-state index < -0.39 is 5.72 Å². The van der Waals surface area contributed by atoms with Crippen LogP contribution in [0.2, 0.25) is 0 Å². The summed E-state index contributed by atoms with van der Waals surface area (Å²) in [4.78, 5) is 2.34. The van der Waals surface area contributed by atoms with Crippen molar-refractivity contribution >= 4 is 0 Å². The number of likely N-dealkylation sites (tertiary alicyclic amines) is 1. The smallest absolute Gasteiger partial charge is 0.118 e. The molecule has 1 unspecified atom stereocenters. The Morgan fingerprint density at radius 1 is 0.889 bits per heavy atom.